The molecule has 0 spiro atoms. The first kappa shape index (κ1) is 21.4. The lowest BCUT2D eigenvalue weighted by molar-refractivity contribution is 0.377. The summed E-state index contributed by atoms with van der Waals surface area (Å²) in [5.41, 5.74) is 1.09. The maximum Gasteiger partial charge on any atom is 0.242 e. The SMILES string of the molecule is COc1ccc(C2CCNCC2NS(=O)(=O)c2ccc(OC)nc2)cc1.Cl. The van der Waals surface area contributed by atoms with Crippen molar-refractivity contribution in [1.29, 1.82) is 0 Å². The van der Waals surface area contributed by atoms with E-state index < -0.39 is 10.0 Å². The van der Waals surface area contributed by atoms with E-state index in [1.54, 1.807) is 7.11 Å². The van der Waals surface area contributed by atoms with Gasteiger partial charge in [0, 0.05) is 24.6 Å². The molecule has 2 N–H and O–H groups in total. The molecular weight excluding hydrogens is 390 g/mol. The Balaban J connectivity index is 0.00000261. The lowest BCUT2D eigenvalue weighted by Crippen LogP contribution is -2.49. The van der Waals surface area contributed by atoms with Gasteiger partial charge in [0.15, 0.2) is 0 Å². The fourth-order valence-electron chi connectivity index (χ4n) is 3.15. The van der Waals surface area contributed by atoms with Gasteiger partial charge in [-0.3, -0.25) is 0 Å². The van der Waals surface area contributed by atoms with Crippen LogP contribution in [-0.2, 0) is 10.0 Å². The van der Waals surface area contributed by atoms with Crippen LogP contribution in [0, 0.1) is 0 Å². The van der Waals surface area contributed by atoms with Gasteiger partial charge in [0.25, 0.3) is 0 Å². The van der Waals surface area contributed by atoms with Crippen LogP contribution in [0.3, 0.4) is 0 Å². The van der Waals surface area contributed by atoms with Crippen molar-refractivity contribution in [3.63, 3.8) is 0 Å². The minimum absolute atomic E-state index is 0. The van der Waals surface area contributed by atoms with Crippen LogP contribution < -0.4 is 19.5 Å². The molecule has 1 aromatic heterocycles. The summed E-state index contributed by atoms with van der Waals surface area (Å²) in [6.45, 7) is 1.42. The second kappa shape index (κ2) is 9.36. The molecule has 3 rings (SSSR count). The monoisotopic (exact) mass is 413 g/mol. The number of hydrogen-bond acceptors (Lipinski definition) is 6. The first-order valence-electron chi connectivity index (χ1n) is 8.40. The summed E-state index contributed by atoms with van der Waals surface area (Å²) in [5.74, 6) is 1.24. The molecule has 2 heterocycles. The van der Waals surface area contributed by atoms with E-state index in [0.29, 0.717) is 12.4 Å². The average Bonchev–Trinajstić information content (AvgIpc) is 2.68. The Morgan fingerprint density at radius 2 is 1.85 bits per heavy atom. The van der Waals surface area contributed by atoms with Gasteiger partial charge in [0.2, 0.25) is 15.9 Å². The van der Waals surface area contributed by atoms with E-state index in [-0.39, 0.29) is 29.3 Å². The van der Waals surface area contributed by atoms with Gasteiger partial charge < -0.3 is 14.8 Å². The predicted molar refractivity (Wildman–Crippen MR) is 105 cm³/mol. The molecule has 1 aliphatic heterocycles. The molecule has 9 heteroatoms. The fraction of sp³-hybridized carbons (Fsp3) is 0.389. The van der Waals surface area contributed by atoms with E-state index in [1.165, 1.54) is 25.4 Å². The number of ether oxygens (including phenoxy) is 2. The first-order chi connectivity index (χ1) is 12.5. The zero-order chi connectivity index (χ0) is 18.6. The predicted octanol–water partition coefficient (Wildman–Crippen LogP) is 1.94. The minimum atomic E-state index is -3.67. The molecule has 0 aliphatic carbocycles. The number of hydrogen-bond donors (Lipinski definition) is 2. The number of benzene rings is 1. The molecule has 2 aromatic rings. The molecular formula is C18H24ClN3O4S. The Morgan fingerprint density at radius 1 is 1.11 bits per heavy atom. The van der Waals surface area contributed by atoms with Crippen molar-refractivity contribution in [2.24, 2.45) is 0 Å². The standard InChI is InChI=1S/C18H23N3O4S.ClH/c1-24-14-5-3-13(4-6-14)16-9-10-19-12-17(16)21-26(22,23)15-7-8-18(25-2)20-11-15;/h3-8,11,16-17,19,21H,9-10,12H2,1-2H3;1H. The highest BCUT2D eigenvalue weighted by molar-refractivity contribution is 7.89. The zero-order valence-corrected chi connectivity index (χ0v) is 16.8. The molecule has 1 aliphatic rings. The van der Waals surface area contributed by atoms with Gasteiger partial charge in [-0.2, -0.15) is 0 Å². The second-order valence-corrected chi connectivity index (χ2v) is 7.85. The number of pyridine rings is 1. The largest absolute Gasteiger partial charge is 0.497 e. The summed E-state index contributed by atoms with van der Waals surface area (Å²) in [4.78, 5) is 4.10. The van der Waals surface area contributed by atoms with E-state index in [9.17, 15) is 8.42 Å². The Bertz CT molecular complexity index is 829. The second-order valence-electron chi connectivity index (χ2n) is 6.14. The van der Waals surface area contributed by atoms with Crippen LogP contribution in [0.15, 0.2) is 47.5 Å². The Morgan fingerprint density at radius 3 is 2.44 bits per heavy atom. The van der Waals surface area contributed by atoms with Crippen molar-refractivity contribution in [2.75, 3.05) is 27.3 Å². The Hall–Kier alpha value is -1.87. The highest BCUT2D eigenvalue weighted by Gasteiger charge is 2.30. The molecule has 1 saturated heterocycles. The molecule has 1 fully saturated rings. The summed E-state index contributed by atoms with van der Waals surface area (Å²) in [6.07, 6.45) is 2.15. The number of piperidine rings is 1. The molecule has 0 amide bonds. The van der Waals surface area contributed by atoms with Gasteiger partial charge in [-0.1, -0.05) is 12.1 Å². The summed E-state index contributed by atoms with van der Waals surface area (Å²) >= 11 is 0. The molecule has 27 heavy (non-hydrogen) atoms. The molecule has 7 nitrogen and oxygen atoms in total. The number of halogens is 1. The van der Waals surface area contributed by atoms with Crippen molar-refractivity contribution in [2.45, 2.75) is 23.3 Å². The zero-order valence-electron chi connectivity index (χ0n) is 15.2. The van der Waals surface area contributed by atoms with Gasteiger partial charge >= 0.3 is 0 Å². The maximum absolute atomic E-state index is 12.7. The fourth-order valence-corrected chi connectivity index (χ4v) is 4.37. The Kier molecular flexibility index (Phi) is 7.43. The number of rotatable bonds is 6. The summed E-state index contributed by atoms with van der Waals surface area (Å²) < 4.78 is 38.5. The summed E-state index contributed by atoms with van der Waals surface area (Å²) in [7, 11) is -0.559. The van der Waals surface area contributed by atoms with Crippen LogP contribution in [-0.4, -0.2) is 46.8 Å². The van der Waals surface area contributed by atoms with Crippen LogP contribution in [0.4, 0.5) is 0 Å². The number of nitrogens with zero attached hydrogens (tertiary/aromatic N) is 1. The van der Waals surface area contributed by atoms with Crippen molar-refractivity contribution < 1.29 is 17.9 Å². The highest BCUT2D eigenvalue weighted by atomic mass is 35.5. The van der Waals surface area contributed by atoms with Gasteiger partial charge in [0.1, 0.15) is 10.6 Å². The first-order valence-corrected chi connectivity index (χ1v) is 9.89. The van der Waals surface area contributed by atoms with Gasteiger partial charge in [-0.25, -0.2) is 18.1 Å². The van der Waals surface area contributed by atoms with E-state index in [2.05, 4.69) is 15.0 Å². The van der Waals surface area contributed by atoms with Crippen molar-refractivity contribution in [3.8, 4) is 11.6 Å². The number of nitrogens with one attached hydrogen (secondary N) is 2. The number of methoxy groups -OCH3 is 2. The van der Waals surface area contributed by atoms with Crippen molar-refractivity contribution in [3.05, 3.63) is 48.2 Å². The van der Waals surface area contributed by atoms with Crippen LogP contribution in [0.2, 0.25) is 0 Å². The van der Waals surface area contributed by atoms with Crippen LogP contribution >= 0.6 is 12.4 Å². The quantitative estimate of drug-likeness (QED) is 0.752. The summed E-state index contributed by atoms with van der Waals surface area (Å²) in [6, 6.07) is 10.6. The lowest BCUT2D eigenvalue weighted by Gasteiger charge is -2.33. The molecule has 0 radical (unpaired) electrons. The van der Waals surface area contributed by atoms with Gasteiger partial charge in [-0.05, 0) is 36.7 Å². The van der Waals surface area contributed by atoms with Gasteiger partial charge in [0.05, 0.1) is 20.4 Å². The van der Waals surface area contributed by atoms with Gasteiger partial charge in [-0.15, -0.1) is 12.4 Å². The molecule has 0 saturated carbocycles. The van der Waals surface area contributed by atoms with E-state index in [1.807, 2.05) is 24.3 Å². The van der Waals surface area contributed by atoms with Crippen LogP contribution in [0.5, 0.6) is 11.6 Å². The topological polar surface area (TPSA) is 89.6 Å². The highest BCUT2D eigenvalue weighted by Crippen LogP contribution is 2.28. The van der Waals surface area contributed by atoms with Crippen molar-refractivity contribution in [1.82, 2.24) is 15.0 Å². The molecule has 1 aromatic carbocycles. The Labute approximate surface area is 165 Å². The van der Waals surface area contributed by atoms with E-state index in [4.69, 9.17) is 9.47 Å². The van der Waals surface area contributed by atoms with E-state index >= 15 is 0 Å². The third kappa shape index (κ3) is 5.10. The third-order valence-corrected chi connectivity index (χ3v) is 6.04. The summed E-state index contributed by atoms with van der Waals surface area (Å²) in [5, 5.41) is 3.26. The van der Waals surface area contributed by atoms with Crippen LogP contribution in [0.1, 0.15) is 17.9 Å². The maximum atomic E-state index is 12.7. The minimum Gasteiger partial charge on any atom is -0.497 e. The molecule has 0 bridgehead atoms. The smallest absolute Gasteiger partial charge is 0.242 e. The lowest BCUT2D eigenvalue weighted by atomic mass is 9.86. The third-order valence-electron chi connectivity index (χ3n) is 4.56. The normalized spacial score (nSPS) is 19.8. The molecule has 2 atom stereocenters. The van der Waals surface area contributed by atoms with Crippen molar-refractivity contribution >= 4 is 22.4 Å². The number of sulfonamides is 1. The molecule has 148 valence electrons. The average molecular weight is 414 g/mol. The number of aromatic nitrogens is 1. The van der Waals surface area contributed by atoms with Crippen LogP contribution in [0.25, 0.3) is 0 Å². The molecule has 2 unspecified atom stereocenters. The van der Waals surface area contributed by atoms with E-state index in [0.717, 1.165) is 24.3 Å².